The van der Waals surface area contributed by atoms with Gasteiger partial charge in [0.2, 0.25) is 0 Å². The molecule has 0 spiro atoms. The van der Waals surface area contributed by atoms with Crippen LogP contribution in [0.1, 0.15) is 5.56 Å². The number of benzene rings is 1. The van der Waals surface area contributed by atoms with Crippen LogP contribution in [0.3, 0.4) is 0 Å². The number of fused-ring (bicyclic) bond motifs is 1. The summed E-state index contributed by atoms with van der Waals surface area (Å²) in [5, 5.41) is 3.45. The van der Waals surface area contributed by atoms with E-state index >= 15 is 0 Å². The van der Waals surface area contributed by atoms with Crippen molar-refractivity contribution in [2.24, 2.45) is 0 Å². The minimum atomic E-state index is 0.615. The number of rotatable bonds is 1. The number of hydrogen-bond donors (Lipinski definition) is 0. The van der Waals surface area contributed by atoms with Crippen LogP contribution in [-0.4, -0.2) is 7.85 Å². The summed E-state index contributed by atoms with van der Waals surface area (Å²) in [5.41, 5.74) is 2.55. The standard InChI is InChI=1S/C9H8BClS/c10-7-1-2-9-8(3-7)6(4-11)5-12-9/h1-3,5H,4,10H2. The zero-order valence-corrected chi connectivity index (χ0v) is 8.38. The lowest BCUT2D eigenvalue weighted by Crippen LogP contribution is -1.99. The molecule has 0 saturated carbocycles. The Hall–Kier alpha value is -0.465. The molecule has 3 heteroatoms. The molecule has 0 saturated heterocycles. The molecule has 0 aliphatic rings. The van der Waals surface area contributed by atoms with E-state index in [1.165, 1.54) is 21.1 Å². The lowest BCUT2D eigenvalue weighted by atomic mass is 9.95. The van der Waals surface area contributed by atoms with E-state index in [1.807, 2.05) is 0 Å². The minimum Gasteiger partial charge on any atom is -0.143 e. The van der Waals surface area contributed by atoms with Gasteiger partial charge in [-0.05, 0) is 22.4 Å². The van der Waals surface area contributed by atoms with Crippen LogP contribution in [0, 0.1) is 0 Å². The third-order valence-electron chi connectivity index (χ3n) is 1.95. The van der Waals surface area contributed by atoms with E-state index in [1.54, 1.807) is 11.3 Å². The molecule has 0 atom stereocenters. The van der Waals surface area contributed by atoms with Gasteiger partial charge in [0.1, 0.15) is 7.85 Å². The van der Waals surface area contributed by atoms with Gasteiger partial charge in [0.05, 0.1) is 0 Å². The minimum absolute atomic E-state index is 0.615. The zero-order chi connectivity index (χ0) is 8.55. The molecule has 0 nitrogen and oxygen atoms in total. The summed E-state index contributed by atoms with van der Waals surface area (Å²) < 4.78 is 1.33. The first-order chi connectivity index (χ1) is 5.81. The Morgan fingerprint density at radius 2 is 2.25 bits per heavy atom. The van der Waals surface area contributed by atoms with Gasteiger partial charge in [0.15, 0.2) is 0 Å². The van der Waals surface area contributed by atoms with Crippen molar-refractivity contribution in [3.63, 3.8) is 0 Å². The topological polar surface area (TPSA) is 0 Å². The average molecular weight is 194 g/mol. The van der Waals surface area contributed by atoms with Crippen LogP contribution in [0.25, 0.3) is 10.1 Å². The van der Waals surface area contributed by atoms with Crippen LogP contribution in [0.4, 0.5) is 0 Å². The highest BCUT2D eigenvalue weighted by molar-refractivity contribution is 7.17. The maximum Gasteiger partial charge on any atom is 0.139 e. The van der Waals surface area contributed by atoms with E-state index < -0.39 is 0 Å². The highest BCUT2D eigenvalue weighted by atomic mass is 35.5. The molecule has 0 radical (unpaired) electrons. The van der Waals surface area contributed by atoms with Gasteiger partial charge in [-0.2, -0.15) is 0 Å². The van der Waals surface area contributed by atoms with Crippen molar-refractivity contribution in [1.29, 1.82) is 0 Å². The van der Waals surface area contributed by atoms with E-state index in [4.69, 9.17) is 11.6 Å². The number of halogens is 1. The molecule has 0 aliphatic carbocycles. The summed E-state index contributed by atoms with van der Waals surface area (Å²) in [4.78, 5) is 0. The second-order valence-electron chi connectivity index (χ2n) is 2.89. The van der Waals surface area contributed by atoms with Crippen molar-refractivity contribution in [3.8, 4) is 0 Å². The molecule has 1 heterocycles. The zero-order valence-electron chi connectivity index (χ0n) is 6.80. The summed E-state index contributed by atoms with van der Waals surface area (Å²) in [7, 11) is 2.11. The van der Waals surface area contributed by atoms with Crippen molar-refractivity contribution >= 4 is 46.3 Å². The van der Waals surface area contributed by atoms with Gasteiger partial charge < -0.3 is 0 Å². The van der Waals surface area contributed by atoms with Crippen LogP contribution in [0.15, 0.2) is 23.6 Å². The molecule has 12 heavy (non-hydrogen) atoms. The molecule has 60 valence electrons. The second-order valence-corrected chi connectivity index (χ2v) is 4.07. The van der Waals surface area contributed by atoms with Gasteiger partial charge in [-0.25, -0.2) is 0 Å². The van der Waals surface area contributed by atoms with E-state index in [2.05, 4.69) is 31.4 Å². The molecule has 1 aromatic heterocycles. The molecule has 0 amide bonds. The Bertz CT molecular complexity index is 408. The SMILES string of the molecule is Bc1ccc2scc(CCl)c2c1. The predicted molar refractivity (Wildman–Crippen MR) is 59.6 cm³/mol. The normalized spacial score (nSPS) is 10.8. The third kappa shape index (κ3) is 1.25. The van der Waals surface area contributed by atoms with E-state index in [9.17, 15) is 0 Å². The first-order valence-corrected chi connectivity index (χ1v) is 5.25. The molecule has 0 unspecified atom stereocenters. The average Bonchev–Trinajstić information content (AvgIpc) is 2.46. The van der Waals surface area contributed by atoms with Crippen LogP contribution in [-0.2, 0) is 5.88 Å². The Balaban J connectivity index is 2.75. The second kappa shape index (κ2) is 3.12. The fourth-order valence-corrected chi connectivity index (χ4v) is 2.55. The molecule has 0 aliphatic heterocycles. The van der Waals surface area contributed by atoms with Gasteiger partial charge in [-0.15, -0.1) is 22.9 Å². The molecule has 2 aromatic rings. The number of thiophene rings is 1. The Morgan fingerprint density at radius 1 is 1.42 bits per heavy atom. The van der Waals surface area contributed by atoms with Gasteiger partial charge in [-0.3, -0.25) is 0 Å². The molecule has 1 aromatic carbocycles. The Kier molecular flexibility index (Phi) is 2.12. The summed E-state index contributed by atoms with van der Waals surface area (Å²) in [5.74, 6) is 0.615. The maximum atomic E-state index is 5.81. The van der Waals surface area contributed by atoms with Crippen molar-refractivity contribution in [2.75, 3.05) is 0 Å². The van der Waals surface area contributed by atoms with Gasteiger partial charge in [0, 0.05) is 10.6 Å². The summed E-state index contributed by atoms with van der Waals surface area (Å²) in [6, 6.07) is 6.49. The predicted octanol–water partition coefficient (Wildman–Crippen LogP) is 1.90. The van der Waals surface area contributed by atoms with E-state index in [0.29, 0.717) is 5.88 Å². The summed E-state index contributed by atoms with van der Waals surface area (Å²) in [6.07, 6.45) is 0. The fourth-order valence-electron chi connectivity index (χ4n) is 1.30. The van der Waals surface area contributed by atoms with Gasteiger partial charge in [-0.1, -0.05) is 17.6 Å². The van der Waals surface area contributed by atoms with Crippen molar-refractivity contribution < 1.29 is 0 Å². The monoisotopic (exact) mass is 194 g/mol. The summed E-state index contributed by atoms with van der Waals surface area (Å²) in [6.45, 7) is 0. The molecule has 2 rings (SSSR count). The van der Waals surface area contributed by atoms with E-state index in [-0.39, 0.29) is 0 Å². The van der Waals surface area contributed by atoms with Crippen molar-refractivity contribution in [2.45, 2.75) is 5.88 Å². The van der Waals surface area contributed by atoms with Crippen LogP contribution < -0.4 is 5.46 Å². The smallest absolute Gasteiger partial charge is 0.139 e. The maximum absolute atomic E-state index is 5.81. The van der Waals surface area contributed by atoms with Crippen molar-refractivity contribution in [1.82, 2.24) is 0 Å². The fraction of sp³-hybridized carbons (Fsp3) is 0.111. The Morgan fingerprint density at radius 3 is 3.00 bits per heavy atom. The van der Waals surface area contributed by atoms with Crippen LogP contribution in [0.2, 0.25) is 0 Å². The Labute approximate surface area is 81.6 Å². The van der Waals surface area contributed by atoms with Gasteiger partial charge >= 0.3 is 0 Å². The first-order valence-electron chi connectivity index (χ1n) is 3.84. The highest BCUT2D eigenvalue weighted by Crippen LogP contribution is 2.25. The molecule has 0 N–H and O–H groups in total. The molecule has 0 fully saturated rings. The quantitative estimate of drug-likeness (QED) is 0.481. The lowest BCUT2D eigenvalue weighted by molar-refractivity contribution is 1.50. The van der Waals surface area contributed by atoms with Crippen molar-refractivity contribution in [3.05, 3.63) is 29.1 Å². The number of hydrogen-bond acceptors (Lipinski definition) is 1. The largest absolute Gasteiger partial charge is 0.143 e. The molecule has 0 bridgehead atoms. The number of alkyl halides is 1. The van der Waals surface area contributed by atoms with Crippen LogP contribution in [0.5, 0.6) is 0 Å². The van der Waals surface area contributed by atoms with Gasteiger partial charge in [0.25, 0.3) is 0 Å². The first kappa shape index (κ1) is 8.15. The molecular weight excluding hydrogens is 186 g/mol. The van der Waals surface area contributed by atoms with E-state index in [0.717, 1.165) is 0 Å². The lowest BCUT2D eigenvalue weighted by Gasteiger charge is -1.94. The molecular formula is C9H8BClS. The summed E-state index contributed by atoms with van der Waals surface area (Å²) >= 11 is 7.57. The third-order valence-corrected chi connectivity index (χ3v) is 3.25. The highest BCUT2D eigenvalue weighted by Gasteiger charge is 2.01. The van der Waals surface area contributed by atoms with Crippen LogP contribution >= 0.6 is 22.9 Å².